The fraction of sp³-hybridized carbons (Fsp3) is 1.00. The fourth-order valence-corrected chi connectivity index (χ4v) is 2.42. The number of likely N-dealkylation sites (tertiary alicyclic amines) is 1. The van der Waals surface area contributed by atoms with Crippen LogP contribution in [0.1, 0.15) is 26.7 Å². The van der Waals surface area contributed by atoms with Crippen LogP contribution in [0.4, 0.5) is 0 Å². The Morgan fingerprint density at radius 3 is 2.67 bits per heavy atom. The second-order valence-corrected chi connectivity index (χ2v) is 5.17. The van der Waals surface area contributed by atoms with Crippen molar-refractivity contribution >= 4 is 0 Å². The van der Waals surface area contributed by atoms with Crippen molar-refractivity contribution in [3.05, 3.63) is 0 Å². The van der Waals surface area contributed by atoms with Gasteiger partial charge in [-0.05, 0) is 46.3 Å². The molecule has 3 heteroatoms. The molecule has 0 bridgehead atoms. The van der Waals surface area contributed by atoms with Crippen molar-refractivity contribution < 1.29 is 0 Å². The van der Waals surface area contributed by atoms with Crippen LogP contribution >= 0.6 is 0 Å². The van der Waals surface area contributed by atoms with E-state index >= 15 is 0 Å². The first-order valence-corrected chi connectivity index (χ1v) is 6.19. The minimum atomic E-state index is 0.314. The van der Waals surface area contributed by atoms with Crippen molar-refractivity contribution in [2.75, 3.05) is 33.7 Å². The van der Waals surface area contributed by atoms with E-state index < -0.39 is 0 Å². The highest BCUT2D eigenvalue weighted by molar-refractivity contribution is 4.80. The lowest BCUT2D eigenvalue weighted by atomic mass is 10.0. The number of nitrogens with zero attached hydrogens (tertiary/aromatic N) is 2. The van der Waals surface area contributed by atoms with Crippen molar-refractivity contribution in [1.82, 2.24) is 9.80 Å². The SMILES string of the molecule is CCC(N)C(C)N(C)CC1CCN(C)C1. The normalized spacial score (nSPS) is 27.2. The highest BCUT2D eigenvalue weighted by Gasteiger charge is 2.23. The van der Waals surface area contributed by atoms with Gasteiger partial charge in [-0.25, -0.2) is 0 Å². The summed E-state index contributed by atoms with van der Waals surface area (Å²) in [5.74, 6) is 0.839. The molecule has 1 fully saturated rings. The molecule has 3 unspecified atom stereocenters. The Morgan fingerprint density at radius 1 is 1.53 bits per heavy atom. The maximum atomic E-state index is 6.07. The average molecular weight is 213 g/mol. The molecule has 3 nitrogen and oxygen atoms in total. The summed E-state index contributed by atoms with van der Waals surface area (Å²) < 4.78 is 0. The number of likely N-dealkylation sites (N-methyl/N-ethyl adjacent to an activating group) is 1. The molecular formula is C12H27N3. The molecule has 1 aliphatic heterocycles. The van der Waals surface area contributed by atoms with Gasteiger partial charge < -0.3 is 15.5 Å². The Balaban J connectivity index is 2.31. The molecule has 0 radical (unpaired) electrons. The average Bonchev–Trinajstić information content (AvgIpc) is 2.61. The van der Waals surface area contributed by atoms with Gasteiger partial charge in [-0.3, -0.25) is 0 Å². The Kier molecular flexibility index (Phi) is 5.03. The number of hydrogen-bond acceptors (Lipinski definition) is 3. The first kappa shape index (κ1) is 12.9. The van der Waals surface area contributed by atoms with E-state index in [-0.39, 0.29) is 0 Å². The minimum Gasteiger partial charge on any atom is -0.326 e. The van der Waals surface area contributed by atoms with E-state index in [1.807, 2.05) is 0 Å². The second kappa shape index (κ2) is 5.83. The minimum absolute atomic E-state index is 0.314. The lowest BCUT2D eigenvalue weighted by Gasteiger charge is -2.31. The summed E-state index contributed by atoms with van der Waals surface area (Å²) >= 11 is 0. The van der Waals surface area contributed by atoms with Gasteiger partial charge in [0.15, 0.2) is 0 Å². The van der Waals surface area contributed by atoms with E-state index in [4.69, 9.17) is 5.73 Å². The van der Waals surface area contributed by atoms with Crippen LogP contribution in [0, 0.1) is 5.92 Å². The maximum Gasteiger partial charge on any atom is 0.0215 e. The van der Waals surface area contributed by atoms with Gasteiger partial charge in [-0.1, -0.05) is 6.92 Å². The summed E-state index contributed by atoms with van der Waals surface area (Å²) in [7, 11) is 4.42. The largest absolute Gasteiger partial charge is 0.326 e. The van der Waals surface area contributed by atoms with Crippen LogP contribution in [0.15, 0.2) is 0 Å². The highest BCUT2D eigenvalue weighted by Crippen LogP contribution is 2.16. The molecule has 90 valence electrons. The first-order chi connectivity index (χ1) is 7.04. The van der Waals surface area contributed by atoms with Crippen LogP contribution in [-0.4, -0.2) is 55.6 Å². The summed E-state index contributed by atoms with van der Waals surface area (Å²) in [4.78, 5) is 4.85. The predicted octanol–water partition coefficient (Wildman–Crippen LogP) is 0.996. The smallest absolute Gasteiger partial charge is 0.0215 e. The second-order valence-electron chi connectivity index (χ2n) is 5.17. The molecule has 0 aromatic carbocycles. The standard InChI is InChI=1S/C12H27N3/c1-5-12(13)10(2)15(4)9-11-6-7-14(3)8-11/h10-12H,5-9,13H2,1-4H3. The summed E-state index contributed by atoms with van der Waals surface area (Å²) in [6.07, 6.45) is 2.41. The molecule has 0 amide bonds. The number of nitrogens with two attached hydrogens (primary N) is 1. The van der Waals surface area contributed by atoms with E-state index in [2.05, 4.69) is 37.7 Å². The van der Waals surface area contributed by atoms with Gasteiger partial charge in [0.05, 0.1) is 0 Å². The van der Waals surface area contributed by atoms with Crippen LogP contribution in [0.2, 0.25) is 0 Å². The first-order valence-electron chi connectivity index (χ1n) is 6.19. The van der Waals surface area contributed by atoms with E-state index in [1.54, 1.807) is 0 Å². The van der Waals surface area contributed by atoms with Crippen LogP contribution in [0.3, 0.4) is 0 Å². The Bertz CT molecular complexity index is 184. The molecule has 1 rings (SSSR count). The zero-order valence-corrected chi connectivity index (χ0v) is 10.7. The highest BCUT2D eigenvalue weighted by atomic mass is 15.2. The van der Waals surface area contributed by atoms with Crippen LogP contribution in [0.5, 0.6) is 0 Å². The van der Waals surface area contributed by atoms with E-state index in [0.717, 1.165) is 12.3 Å². The molecule has 15 heavy (non-hydrogen) atoms. The molecule has 1 heterocycles. The lowest BCUT2D eigenvalue weighted by molar-refractivity contribution is 0.192. The van der Waals surface area contributed by atoms with Crippen LogP contribution in [0.25, 0.3) is 0 Å². The van der Waals surface area contributed by atoms with Crippen molar-refractivity contribution in [1.29, 1.82) is 0 Å². The third-order valence-corrected chi connectivity index (χ3v) is 3.82. The zero-order chi connectivity index (χ0) is 11.4. The summed E-state index contributed by atoms with van der Waals surface area (Å²) in [6.45, 7) is 8.11. The number of hydrogen-bond donors (Lipinski definition) is 1. The van der Waals surface area contributed by atoms with Crippen LogP contribution < -0.4 is 5.73 Å². The van der Waals surface area contributed by atoms with Crippen molar-refractivity contribution in [3.63, 3.8) is 0 Å². The summed E-state index contributed by atoms with van der Waals surface area (Å²) in [5, 5.41) is 0. The lowest BCUT2D eigenvalue weighted by Crippen LogP contribution is -2.45. The molecule has 2 N–H and O–H groups in total. The molecule has 0 aromatic rings. The Morgan fingerprint density at radius 2 is 2.20 bits per heavy atom. The zero-order valence-electron chi connectivity index (χ0n) is 10.7. The van der Waals surface area contributed by atoms with Gasteiger partial charge in [0.2, 0.25) is 0 Å². The third-order valence-electron chi connectivity index (χ3n) is 3.82. The number of rotatable bonds is 5. The van der Waals surface area contributed by atoms with Gasteiger partial charge in [0.1, 0.15) is 0 Å². The Hall–Kier alpha value is -0.120. The molecule has 1 saturated heterocycles. The Labute approximate surface area is 94.6 Å². The summed E-state index contributed by atoms with van der Waals surface area (Å²) in [5.41, 5.74) is 6.07. The van der Waals surface area contributed by atoms with Gasteiger partial charge >= 0.3 is 0 Å². The fourth-order valence-electron chi connectivity index (χ4n) is 2.42. The maximum absolute atomic E-state index is 6.07. The van der Waals surface area contributed by atoms with Crippen molar-refractivity contribution in [2.24, 2.45) is 11.7 Å². The topological polar surface area (TPSA) is 32.5 Å². The third kappa shape index (κ3) is 3.74. The monoisotopic (exact) mass is 213 g/mol. The van der Waals surface area contributed by atoms with Crippen molar-refractivity contribution in [2.45, 2.75) is 38.8 Å². The van der Waals surface area contributed by atoms with Gasteiger partial charge in [0.25, 0.3) is 0 Å². The molecule has 1 aliphatic rings. The van der Waals surface area contributed by atoms with Gasteiger partial charge in [-0.15, -0.1) is 0 Å². The molecule has 3 atom stereocenters. The molecule has 0 aromatic heterocycles. The molecule has 0 aliphatic carbocycles. The van der Waals surface area contributed by atoms with Crippen LogP contribution in [-0.2, 0) is 0 Å². The predicted molar refractivity (Wildman–Crippen MR) is 66.0 cm³/mol. The molecule has 0 spiro atoms. The van der Waals surface area contributed by atoms with Gasteiger partial charge in [-0.2, -0.15) is 0 Å². The van der Waals surface area contributed by atoms with E-state index in [0.29, 0.717) is 12.1 Å². The summed E-state index contributed by atoms with van der Waals surface area (Å²) in [6, 6.07) is 0.815. The van der Waals surface area contributed by atoms with Crippen molar-refractivity contribution in [3.8, 4) is 0 Å². The quantitative estimate of drug-likeness (QED) is 0.739. The molecule has 0 saturated carbocycles. The van der Waals surface area contributed by atoms with E-state index in [9.17, 15) is 0 Å². The van der Waals surface area contributed by atoms with Gasteiger partial charge in [0, 0.05) is 25.2 Å². The van der Waals surface area contributed by atoms with E-state index in [1.165, 1.54) is 26.1 Å². The molecular weight excluding hydrogens is 186 g/mol.